The van der Waals surface area contributed by atoms with Crippen LogP contribution in [0.1, 0.15) is 42.0 Å². The van der Waals surface area contributed by atoms with Gasteiger partial charge in [0.25, 0.3) is 0 Å². The van der Waals surface area contributed by atoms with E-state index >= 15 is 0 Å². The summed E-state index contributed by atoms with van der Waals surface area (Å²) in [6.45, 7) is -0.941. The third-order valence-corrected chi connectivity index (χ3v) is 5.60. The van der Waals surface area contributed by atoms with Crippen molar-refractivity contribution in [2.24, 2.45) is 0 Å². The largest absolute Gasteiger partial charge is 0.435 e. The number of aryl methyl sites for hydroxylation is 1. The minimum Gasteiger partial charge on any atom is -0.435 e. The second-order valence-corrected chi connectivity index (χ2v) is 7.96. The molecule has 3 aromatic carbocycles. The van der Waals surface area contributed by atoms with Gasteiger partial charge in [-0.3, -0.25) is 0 Å². The molecule has 0 radical (unpaired) electrons. The standard InChI is InChI=1S/C27H24F4O/c1-3-27(2,22-9-13-24(14-10-22)32-26(30)31)16-4-5-19-8-15-25(29)21(17-19)18-20-6-11-23(28)12-7-20/h1,6-15,17,26H,4-5,16,18H2,2H3. The highest BCUT2D eigenvalue weighted by molar-refractivity contribution is 5.37. The van der Waals surface area contributed by atoms with Crippen molar-refractivity contribution in [3.63, 3.8) is 0 Å². The second-order valence-electron chi connectivity index (χ2n) is 7.96. The van der Waals surface area contributed by atoms with Crippen LogP contribution in [0.15, 0.2) is 66.7 Å². The zero-order chi connectivity index (χ0) is 23.1. The van der Waals surface area contributed by atoms with Gasteiger partial charge in [-0.25, -0.2) is 8.78 Å². The van der Waals surface area contributed by atoms with E-state index in [9.17, 15) is 17.6 Å². The SMILES string of the molecule is C#CC(C)(CCCc1ccc(F)c(Cc2ccc(F)cc2)c1)c1ccc(OC(F)F)cc1. The third-order valence-electron chi connectivity index (χ3n) is 5.60. The average molecular weight is 440 g/mol. The molecule has 0 aromatic heterocycles. The lowest BCUT2D eigenvalue weighted by Gasteiger charge is -2.24. The van der Waals surface area contributed by atoms with E-state index in [-0.39, 0.29) is 17.4 Å². The summed E-state index contributed by atoms with van der Waals surface area (Å²) in [7, 11) is 0. The summed E-state index contributed by atoms with van der Waals surface area (Å²) in [4.78, 5) is 0. The Hall–Kier alpha value is -3.26. The quantitative estimate of drug-likeness (QED) is 0.255. The molecule has 0 bridgehead atoms. The highest BCUT2D eigenvalue weighted by atomic mass is 19.3. The Morgan fingerprint density at radius 2 is 1.59 bits per heavy atom. The fourth-order valence-electron chi connectivity index (χ4n) is 3.69. The van der Waals surface area contributed by atoms with E-state index in [1.165, 1.54) is 30.3 Å². The van der Waals surface area contributed by atoms with Gasteiger partial charge in [0.15, 0.2) is 0 Å². The van der Waals surface area contributed by atoms with Crippen molar-refractivity contribution in [2.75, 3.05) is 0 Å². The van der Waals surface area contributed by atoms with Gasteiger partial charge in [0, 0.05) is 6.42 Å². The number of hydrogen-bond donors (Lipinski definition) is 0. The first kappa shape index (κ1) is 23.4. The normalized spacial score (nSPS) is 12.9. The minimum atomic E-state index is -2.87. The van der Waals surface area contributed by atoms with Crippen molar-refractivity contribution >= 4 is 0 Å². The molecule has 0 aliphatic heterocycles. The molecule has 0 aliphatic carbocycles. The van der Waals surface area contributed by atoms with E-state index in [0.717, 1.165) is 23.1 Å². The summed E-state index contributed by atoms with van der Waals surface area (Å²) < 4.78 is 56.5. The Balaban J connectivity index is 1.64. The molecule has 32 heavy (non-hydrogen) atoms. The Bertz CT molecular complexity index is 1070. The number of benzene rings is 3. The number of terminal acetylenes is 1. The first-order valence-electron chi connectivity index (χ1n) is 10.3. The van der Waals surface area contributed by atoms with Gasteiger partial charge in [0.2, 0.25) is 0 Å². The fraction of sp³-hybridized carbons (Fsp3) is 0.259. The Morgan fingerprint density at radius 3 is 2.22 bits per heavy atom. The Labute approximate surface area is 186 Å². The van der Waals surface area contributed by atoms with Crippen LogP contribution in [0.2, 0.25) is 0 Å². The van der Waals surface area contributed by atoms with E-state index in [2.05, 4.69) is 10.7 Å². The van der Waals surface area contributed by atoms with Crippen molar-refractivity contribution < 1.29 is 22.3 Å². The molecule has 0 fully saturated rings. The van der Waals surface area contributed by atoms with Crippen molar-refractivity contribution in [1.29, 1.82) is 0 Å². The summed E-state index contributed by atoms with van der Waals surface area (Å²) in [5, 5.41) is 0. The van der Waals surface area contributed by atoms with Crippen molar-refractivity contribution in [3.8, 4) is 18.1 Å². The molecule has 0 heterocycles. The smallest absolute Gasteiger partial charge is 0.387 e. The lowest BCUT2D eigenvalue weighted by molar-refractivity contribution is -0.0498. The van der Waals surface area contributed by atoms with E-state index in [0.29, 0.717) is 24.8 Å². The van der Waals surface area contributed by atoms with Crippen LogP contribution in [0.4, 0.5) is 17.6 Å². The van der Waals surface area contributed by atoms with Gasteiger partial charge in [-0.15, -0.1) is 6.42 Å². The highest BCUT2D eigenvalue weighted by Crippen LogP contribution is 2.31. The van der Waals surface area contributed by atoms with Crippen LogP contribution in [0, 0.1) is 24.0 Å². The summed E-state index contributed by atoms with van der Waals surface area (Å²) in [5.74, 6) is 2.29. The van der Waals surface area contributed by atoms with E-state index < -0.39 is 12.0 Å². The first-order chi connectivity index (χ1) is 15.3. The van der Waals surface area contributed by atoms with Gasteiger partial charge in [0.1, 0.15) is 17.4 Å². The summed E-state index contributed by atoms with van der Waals surface area (Å²) in [6, 6.07) is 17.5. The molecular formula is C27H24F4O. The summed E-state index contributed by atoms with van der Waals surface area (Å²) >= 11 is 0. The monoisotopic (exact) mass is 440 g/mol. The van der Waals surface area contributed by atoms with Gasteiger partial charge >= 0.3 is 6.61 Å². The summed E-state index contributed by atoms with van der Waals surface area (Å²) in [6.07, 6.45) is 8.32. The predicted octanol–water partition coefficient (Wildman–Crippen LogP) is 7.07. The molecule has 0 saturated heterocycles. The van der Waals surface area contributed by atoms with Crippen LogP contribution in [0.3, 0.4) is 0 Å². The van der Waals surface area contributed by atoms with Crippen LogP contribution in [0.5, 0.6) is 5.75 Å². The van der Waals surface area contributed by atoms with Gasteiger partial charge in [0.05, 0.1) is 5.41 Å². The number of alkyl halides is 2. The molecule has 0 aliphatic rings. The lowest BCUT2D eigenvalue weighted by atomic mass is 9.78. The van der Waals surface area contributed by atoms with Crippen LogP contribution in [-0.4, -0.2) is 6.61 Å². The number of halogens is 4. The molecule has 166 valence electrons. The second kappa shape index (κ2) is 10.4. The predicted molar refractivity (Wildman–Crippen MR) is 118 cm³/mol. The van der Waals surface area contributed by atoms with Crippen molar-refractivity contribution in [1.82, 2.24) is 0 Å². The molecule has 0 N–H and O–H groups in total. The molecular weight excluding hydrogens is 416 g/mol. The summed E-state index contributed by atoms with van der Waals surface area (Å²) in [5.41, 5.74) is 2.66. The average Bonchev–Trinajstić information content (AvgIpc) is 2.77. The van der Waals surface area contributed by atoms with Crippen LogP contribution in [-0.2, 0) is 18.3 Å². The zero-order valence-corrected chi connectivity index (χ0v) is 17.8. The molecule has 1 atom stereocenters. The molecule has 5 heteroatoms. The fourth-order valence-corrected chi connectivity index (χ4v) is 3.69. The number of hydrogen-bond acceptors (Lipinski definition) is 1. The van der Waals surface area contributed by atoms with Crippen molar-refractivity contribution in [2.45, 2.75) is 44.6 Å². The van der Waals surface area contributed by atoms with Gasteiger partial charge < -0.3 is 4.74 Å². The third kappa shape index (κ3) is 6.13. The molecule has 1 unspecified atom stereocenters. The van der Waals surface area contributed by atoms with Crippen LogP contribution >= 0.6 is 0 Å². The Kier molecular flexibility index (Phi) is 7.58. The lowest BCUT2D eigenvalue weighted by Crippen LogP contribution is -2.19. The minimum absolute atomic E-state index is 0.0862. The molecule has 3 aromatic rings. The van der Waals surface area contributed by atoms with Gasteiger partial charge in [-0.05, 0) is 78.8 Å². The van der Waals surface area contributed by atoms with E-state index in [4.69, 9.17) is 6.42 Å². The molecule has 0 saturated carbocycles. The molecule has 0 spiro atoms. The van der Waals surface area contributed by atoms with E-state index in [1.54, 1.807) is 30.3 Å². The van der Waals surface area contributed by atoms with Crippen LogP contribution < -0.4 is 4.74 Å². The maximum atomic E-state index is 14.3. The molecule has 1 nitrogen and oxygen atoms in total. The van der Waals surface area contributed by atoms with Crippen molar-refractivity contribution in [3.05, 3.63) is 101 Å². The zero-order valence-electron chi connectivity index (χ0n) is 17.8. The maximum absolute atomic E-state index is 14.3. The van der Waals surface area contributed by atoms with E-state index in [1.807, 2.05) is 13.0 Å². The number of rotatable bonds is 9. The molecule has 0 amide bonds. The topological polar surface area (TPSA) is 9.23 Å². The Morgan fingerprint density at radius 1 is 0.938 bits per heavy atom. The van der Waals surface area contributed by atoms with Gasteiger partial charge in [-0.1, -0.05) is 42.3 Å². The highest BCUT2D eigenvalue weighted by Gasteiger charge is 2.24. The molecule has 3 rings (SSSR count). The first-order valence-corrected chi connectivity index (χ1v) is 10.3. The maximum Gasteiger partial charge on any atom is 0.387 e. The van der Waals surface area contributed by atoms with Crippen LogP contribution in [0.25, 0.3) is 0 Å². The van der Waals surface area contributed by atoms with Gasteiger partial charge in [-0.2, -0.15) is 8.78 Å². The number of ether oxygens (including phenoxy) is 1.